The van der Waals surface area contributed by atoms with Gasteiger partial charge in [-0.15, -0.1) is 0 Å². The number of carbonyl (C=O) groups excluding carboxylic acids is 2. The van der Waals surface area contributed by atoms with Gasteiger partial charge in [-0.2, -0.15) is 0 Å². The summed E-state index contributed by atoms with van der Waals surface area (Å²) in [4.78, 5) is 35.4. The lowest BCUT2D eigenvalue weighted by molar-refractivity contribution is -0.870. The van der Waals surface area contributed by atoms with Gasteiger partial charge < -0.3 is 24.0 Å². The van der Waals surface area contributed by atoms with E-state index in [1.165, 1.54) is 0 Å². The third-order valence-corrected chi connectivity index (χ3v) is 9.59. The van der Waals surface area contributed by atoms with Gasteiger partial charge in [0.05, 0.1) is 33.9 Å². The van der Waals surface area contributed by atoms with Crippen LogP contribution in [0.3, 0.4) is 0 Å². The van der Waals surface area contributed by atoms with Gasteiger partial charge in [0.25, 0.3) is 0 Å². The maximum atomic E-state index is 12.7. The van der Waals surface area contributed by atoms with Gasteiger partial charge in [0, 0.05) is 12.8 Å². The minimum atomic E-state index is -4.46. The SMILES string of the molecule is CC/C=C\C/C=C\C/C=C\C/C=C\C/C=C\C=C/C(O)CCC(=O)O[C@H](COC(=O)CCCCCC/C=C\C/C=C\C/C=C\C/C=C\CC)COP(=O)(O)OCC[N+](C)(C)C. The van der Waals surface area contributed by atoms with Crippen LogP contribution < -0.4 is 0 Å². The van der Waals surface area contributed by atoms with Crippen molar-refractivity contribution in [1.29, 1.82) is 0 Å². The lowest BCUT2D eigenvalue weighted by Gasteiger charge is -2.24. The van der Waals surface area contributed by atoms with Crippen LogP contribution in [0, 0.1) is 0 Å². The van der Waals surface area contributed by atoms with Crippen molar-refractivity contribution in [2.45, 2.75) is 135 Å². The van der Waals surface area contributed by atoms with Gasteiger partial charge in [0.15, 0.2) is 6.10 Å². The quantitative estimate of drug-likeness (QED) is 0.0156. The van der Waals surface area contributed by atoms with E-state index in [2.05, 4.69) is 111 Å². The standard InChI is InChI=1S/C50H80NO9P/c1-6-8-10-12-14-16-18-20-22-24-26-28-30-32-34-36-38-40-49(53)57-45-48(46-59-61(55,56)58-44-43-51(3,4)5)60-50(54)42-41-47(52)39-37-35-33-31-29-27-25-23-21-19-17-15-13-11-9-7-2/h8-11,14-17,20-23,26-29,33,35,37,39,47-48,52H,6-7,12-13,18-19,24-25,30-32,34,36,38,40-46H2,1-5H3/p+1/b10-8-,11-9-,16-14-,17-15-,22-20-,23-21-,28-26-,29-27-,35-33-,39-37-/t47?,48-/m1/s1. The summed E-state index contributed by atoms with van der Waals surface area (Å²) in [6, 6.07) is 0. The van der Waals surface area contributed by atoms with Crippen LogP contribution in [0.15, 0.2) is 122 Å². The van der Waals surface area contributed by atoms with Crippen LogP contribution in [0.4, 0.5) is 0 Å². The van der Waals surface area contributed by atoms with E-state index in [1.807, 2.05) is 33.3 Å². The lowest BCUT2D eigenvalue weighted by atomic mass is 10.1. The molecular weight excluding hydrogens is 790 g/mol. The molecule has 61 heavy (non-hydrogen) atoms. The van der Waals surface area contributed by atoms with E-state index in [1.54, 1.807) is 12.2 Å². The summed E-state index contributed by atoms with van der Waals surface area (Å²) in [6.07, 6.45) is 52.9. The van der Waals surface area contributed by atoms with Gasteiger partial charge in [0.1, 0.15) is 19.8 Å². The van der Waals surface area contributed by atoms with Crippen LogP contribution >= 0.6 is 7.82 Å². The van der Waals surface area contributed by atoms with E-state index in [0.717, 1.165) is 83.5 Å². The number of phosphoric ester groups is 1. The minimum Gasteiger partial charge on any atom is -0.462 e. The van der Waals surface area contributed by atoms with Gasteiger partial charge in [-0.05, 0) is 83.5 Å². The molecule has 2 unspecified atom stereocenters. The number of unbranched alkanes of at least 4 members (excludes halogenated alkanes) is 4. The lowest BCUT2D eigenvalue weighted by Crippen LogP contribution is -2.37. The molecule has 0 aliphatic heterocycles. The topological polar surface area (TPSA) is 129 Å². The number of hydrogen-bond donors (Lipinski definition) is 2. The van der Waals surface area contributed by atoms with Gasteiger partial charge in [0.2, 0.25) is 0 Å². The van der Waals surface area contributed by atoms with E-state index in [4.69, 9.17) is 18.5 Å². The predicted octanol–water partition coefficient (Wildman–Crippen LogP) is 11.9. The van der Waals surface area contributed by atoms with Crippen molar-refractivity contribution in [2.75, 3.05) is 47.5 Å². The summed E-state index contributed by atoms with van der Waals surface area (Å²) in [5.74, 6) is -1.12. The maximum Gasteiger partial charge on any atom is 0.472 e. The highest BCUT2D eigenvalue weighted by atomic mass is 31.2. The number of phosphoric acid groups is 1. The third-order valence-electron chi connectivity index (χ3n) is 8.60. The molecule has 0 bridgehead atoms. The summed E-state index contributed by atoms with van der Waals surface area (Å²) in [5.41, 5.74) is 0. The molecule has 0 aromatic heterocycles. The maximum absolute atomic E-state index is 12.7. The number of allylic oxidation sites excluding steroid dienone is 19. The average molecular weight is 871 g/mol. The summed E-state index contributed by atoms with van der Waals surface area (Å²) in [7, 11) is 1.29. The zero-order valence-corrected chi connectivity index (χ0v) is 39.1. The minimum absolute atomic E-state index is 0.0226. The molecule has 0 saturated heterocycles. The van der Waals surface area contributed by atoms with Crippen molar-refractivity contribution in [3.8, 4) is 0 Å². The Hall–Kier alpha value is -3.63. The Morgan fingerprint density at radius 1 is 0.590 bits per heavy atom. The van der Waals surface area contributed by atoms with Gasteiger partial charge >= 0.3 is 19.8 Å². The Labute approximate surface area is 370 Å². The first kappa shape index (κ1) is 57.4. The summed E-state index contributed by atoms with van der Waals surface area (Å²) < 4.78 is 34.1. The molecule has 0 heterocycles. The molecule has 0 spiro atoms. The van der Waals surface area contributed by atoms with Gasteiger partial charge in [-0.1, -0.05) is 148 Å². The number of quaternary nitrogens is 1. The van der Waals surface area contributed by atoms with Crippen molar-refractivity contribution >= 4 is 19.8 Å². The van der Waals surface area contributed by atoms with Crippen molar-refractivity contribution in [3.63, 3.8) is 0 Å². The van der Waals surface area contributed by atoms with E-state index < -0.39 is 38.6 Å². The van der Waals surface area contributed by atoms with Crippen LogP contribution in [0.5, 0.6) is 0 Å². The smallest absolute Gasteiger partial charge is 0.462 e. The summed E-state index contributed by atoms with van der Waals surface area (Å²) in [5, 5.41) is 10.4. The molecule has 0 aromatic rings. The van der Waals surface area contributed by atoms with Crippen LogP contribution in [0.25, 0.3) is 0 Å². The molecule has 0 fully saturated rings. The summed E-state index contributed by atoms with van der Waals surface area (Å²) >= 11 is 0. The first-order chi connectivity index (χ1) is 29.4. The molecule has 0 aromatic carbocycles. The van der Waals surface area contributed by atoms with E-state index >= 15 is 0 Å². The number of carbonyl (C=O) groups is 2. The Morgan fingerprint density at radius 2 is 1.08 bits per heavy atom. The molecule has 0 aliphatic carbocycles. The van der Waals surface area contributed by atoms with Crippen molar-refractivity contribution in [2.24, 2.45) is 0 Å². The van der Waals surface area contributed by atoms with Crippen LogP contribution in [-0.2, 0) is 32.7 Å². The van der Waals surface area contributed by atoms with Crippen molar-refractivity contribution < 1.29 is 47.2 Å². The average Bonchev–Trinajstić information content (AvgIpc) is 3.21. The Kier molecular flexibility index (Phi) is 38.0. The third kappa shape index (κ3) is 44.2. The molecule has 0 aliphatic rings. The molecule has 0 amide bonds. The van der Waals surface area contributed by atoms with Crippen molar-refractivity contribution in [1.82, 2.24) is 0 Å². The number of likely N-dealkylation sites (N-methyl/N-ethyl adjacent to an activating group) is 1. The Morgan fingerprint density at radius 3 is 1.61 bits per heavy atom. The van der Waals surface area contributed by atoms with Gasteiger partial charge in [-0.3, -0.25) is 18.6 Å². The number of aliphatic hydroxyl groups is 1. The number of ether oxygens (including phenoxy) is 2. The highest BCUT2D eigenvalue weighted by Crippen LogP contribution is 2.43. The monoisotopic (exact) mass is 871 g/mol. The first-order valence-electron chi connectivity index (χ1n) is 22.4. The Balaban J connectivity index is 4.66. The fraction of sp³-hybridized carbons (Fsp3) is 0.560. The second-order valence-electron chi connectivity index (χ2n) is 15.5. The molecule has 10 nitrogen and oxygen atoms in total. The highest BCUT2D eigenvalue weighted by molar-refractivity contribution is 7.47. The fourth-order valence-corrected chi connectivity index (χ4v) is 5.85. The molecule has 0 rings (SSSR count). The number of rotatable bonds is 38. The van der Waals surface area contributed by atoms with Crippen LogP contribution in [0.1, 0.15) is 123 Å². The molecule has 0 saturated carbocycles. The molecule has 344 valence electrons. The fourth-order valence-electron chi connectivity index (χ4n) is 5.11. The number of nitrogens with zero attached hydrogens (tertiary/aromatic N) is 1. The predicted molar refractivity (Wildman–Crippen MR) is 253 cm³/mol. The van der Waals surface area contributed by atoms with Gasteiger partial charge in [-0.25, -0.2) is 4.57 Å². The second-order valence-corrected chi connectivity index (χ2v) is 17.0. The molecule has 11 heteroatoms. The number of aliphatic hydroxyl groups excluding tert-OH is 1. The molecule has 3 atom stereocenters. The molecular formula is C50H81NO9P+. The van der Waals surface area contributed by atoms with Crippen LogP contribution in [0.2, 0.25) is 0 Å². The molecule has 2 N–H and O–H groups in total. The molecule has 0 radical (unpaired) electrons. The normalized spacial score (nSPS) is 15.2. The summed E-state index contributed by atoms with van der Waals surface area (Å²) in [6.45, 7) is 3.85. The highest BCUT2D eigenvalue weighted by Gasteiger charge is 2.27. The number of hydrogen-bond acceptors (Lipinski definition) is 8. The largest absolute Gasteiger partial charge is 0.472 e. The van der Waals surface area contributed by atoms with E-state index in [9.17, 15) is 24.2 Å². The van der Waals surface area contributed by atoms with E-state index in [-0.39, 0.29) is 32.5 Å². The van der Waals surface area contributed by atoms with E-state index in [0.29, 0.717) is 17.4 Å². The number of esters is 2. The van der Waals surface area contributed by atoms with Crippen LogP contribution in [-0.4, -0.2) is 86.1 Å². The zero-order chi connectivity index (χ0) is 45.1. The Bertz CT molecular complexity index is 1460. The second kappa shape index (κ2) is 40.4. The first-order valence-corrected chi connectivity index (χ1v) is 23.9. The zero-order valence-electron chi connectivity index (χ0n) is 38.2. The van der Waals surface area contributed by atoms with Crippen molar-refractivity contribution in [3.05, 3.63) is 122 Å².